The third kappa shape index (κ3) is 8.04. The fourth-order valence-electron chi connectivity index (χ4n) is 3.72. The van der Waals surface area contributed by atoms with Crippen molar-refractivity contribution in [3.05, 3.63) is 35.4 Å². The number of esters is 1. The molecule has 0 aliphatic rings. The van der Waals surface area contributed by atoms with Crippen molar-refractivity contribution in [1.29, 1.82) is 0 Å². The molecule has 0 aliphatic heterocycles. The zero-order valence-corrected chi connectivity index (χ0v) is 18.3. The Bertz CT molecular complexity index is 599. The van der Waals surface area contributed by atoms with Crippen LogP contribution < -0.4 is 5.32 Å². The first-order chi connectivity index (χ1) is 13.5. The Morgan fingerprint density at radius 3 is 2.11 bits per heavy atom. The van der Waals surface area contributed by atoms with Gasteiger partial charge in [0.05, 0.1) is 6.61 Å². The normalized spacial score (nSPS) is 13.0. The molecule has 0 fully saturated rings. The summed E-state index contributed by atoms with van der Waals surface area (Å²) in [5.41, 5.74) is 1.67. The number of rotatable bonds is 14. The summed E-state index contributed by atoms with van der Waals surface area (Å²) in [5.74, 6) is -0.531. The molecule has 0 saturated heterocycles. The molecule has 0 saturated carbocycles. The van der Waals surface area contributed by atoms with Gasteiger partial charge in [-0.1, -0.05) is 70.2 Å². The summed E-state index contributed by atoms with van der Waals surface area (Å²) in [5, 5.41) is 2.88. The molecule has 1 atom stereocenters. The highest BCUT2D eigenvalue weighted by Crippen LogP contribution is 2.23. The van der Waals surface area contributed by atoms with Gasteiger partial charge in [-0.25, -0.2) is 4.79 Å². The summed E-state index contributed by atoms with van der Waals surface area (Å²) in [7, 11) is 0. The van der Waals surface area contributed by atoms with Crippen molar-refractivity contribution in [2.24, 2.45) is 0 Å². The van der Waals surface area contributed by atoms with Crippen molar-refractivity contribution in [2.45, 2.75) is 97.4 Å². The van der Waals surface area contributed by atoms with Gasteiger partial charge in [0.25, 0.3) is 0 Å². The smallest absolute Gasteiger partial charge is 0.331 e. The molecule has 0 aromatic heterocycles. The summed E-state index contributed by atoms with van der Waals surface area (Å²) in [6.45, 7) is 7.73. The molecule has 0 bridgehead atoms. The molecule has 1 aromatic rings. The first-order valence-electron chi connectivity index (χ1n) is 11.0. The molecule has 0 spiro atoms. The third-order valence-electron chi connectivity index (χ3n) is 5.42. The van der Waals surface area contributed by atoms with Crippen molar-refractivity contribution in [2.75, 3.05) is 6.61 Å². The third-order valence-corrected chi connectivity index (χ3v) is 5.42. The van der Waals surface area contributed by atoms with E-state index in [0.29, 0.717) is 19.4 Å². The van der Waals surface area contributed by atoms with Gasteiger partial charge in [0.15, 0.2) is 0 Å². The molecule has 0 aliphatic carbocycles. The highest BCUT2D eigenvalue weighted by Gasteiger charge is 2.38. The van der Waals surface area contributed by atoms with Crippen LogP contribution in [0.2, 0.25) is 0 Å². The van der Waals surface area contributed by atoms with Crippen molar-refractivity contribution in [3.8, 4) is 0 Å². The van der Waals surface area contributed by atoms with Crippen LogP contribution in [0.5, 0.6) is 0 Å². The molecule has 1 N–H and O–H groups in total. The van der Waals surface area contributed by atoms with Gasteiger partial charge >= 0.3 is 5.97 Å². The minimum Gasteiger partial charge on any atom is -0.464 e. The molecule has 1 amide bonds. The number of hydrogen-bond donors (Lipinski definition) is 1. The average molecular weight is 390 g/mol. The Balaban J connectivity index is 2.76. The van der Waals surface area contributed by atoms with Gasteiger partial charge in [-0.15, -0.1) is 0 Å². The lowest BCUT2D eigenvalue weighted by Gasteiger charge is -2.31. The van der Waals surface area contributed by atoms with Crippen LogP contribution in [0.15, 0.2) is 24.3 Å². The van der Waals surface area contributed by atoms with Gasteiger partial charge < -0.3 is 10.1 Å². The number of benzene rings is 1. The maximum atomic E-state index is 12.6. The first kappa shape index (κ1) is 24.2. The van der Waals surface area contributed by atoms with Crippen LogP contribution >= 0.6 is 0 Å². The molecule has 0 heterocycles. The van der Waals surface area contributed by atoms with Crippen LogP contribution in [0.4, 0.5) is 0 Å². The van der Waals surface area contributed by atoms with E-state index in [-0.39, 0.29) is 11.9 Å². The summed E-state index contributed by atoms with van der Waals surface area (Å²) in [6.07, 6.45) is 10.6. The summed E-state index contributed by atoms with van der Waals surface area (Å²) in [6, 6.07) is 8.47. The molecular formula is C24H39NO3. The lowest BCUT2D eigenvalue weighted by Crippen LogP contribution is -2.54. The number of carbonyl (C=O) groups is 2. The number of unbranched alkanes of at least 4 members (excludes halogenated alkanes) is 5. The van der Waals surface area contributed by atoms with Gasteiger partial charge in [-0.3, -0.25) is 4.79 Å². The van der Waals surface area contributed by atoms with Crippen molar-refractivity contribution < 1.29 is 14.3 Å². The molecular weight excluding hydrogens is 350 g/mol. The summed E-state index contributed by atoms with van der Waals surface area (Å²) in [4.78, 5) is 24.3. The van der Waals surface area contributed by atoms with E-state index in [1.165, 1.54) is 56.6 Å². The monoisotopic (exact) mass is 389 g/mol. The van der Waals surface area contributed by atoms with E-state index < -0.39 is 5.54 Å². The van der Waals surface area contributed by atoms with Crippen LogP contribution in [-0.4, -0.2) is 24.0 Å². The quantitative estimate of drug-likeness (QED) is 0.344. The van der Waals surface area contributed by atoms with Crippen LogP contribution in [0, 0.1) is 0 Å². The maximum Gasteiger partial charge on any atom is 0.331 e. The highest BCUT2D eigenvalue weighted by molar-refractivity contribution is 5.87. The Labute approximate surface area is 171 Å². The standard InChI is InChI=1S/C24H39NO3/c1-5-8-9-10-11-12-15-21-16-13-14-17-22(21)18-19-24(6-2,25-20(4)26)23(27)28-7-3/h13-14,16-17H,5-12,15,18-19H2,1-4H3,(H,25,26). The van der Waals surface area contributed by atoms with Crippen LogP contribution in [0.25, 0.3) is 0 Å². The second kappa shape index (κ2) is 13.4. The van der Waals surface area contributed by atoms with E-state index >= 15 is 0 Å². The molecule has 4 nitrogen and oxygen atoms in total. The maximum absolute atomic E-state index is 12.6. The Kier molecular flexibility index (Phi) is 11.5. The van der Waals surface area contributed by atoms with Crippen LogP contribution in [-0.2, 0) is 27.2 Å². The largest absolute Gasteiger partial charge is 0.464 e. The van der Waals surface area contributed by atoms with E-state index in [1.807, 2.05) is 6.92 Å². The minimum atomic E-state index is -0.949. The molecule has 4 heteroatoms. The second-order valence-electron chi connectivity index (χ2n) is 7.62. The van der Waals surface area contributed by atoms with Crippen LogP contribution in [0.1, 0.15) is 90.2 Å². The highest BCUT2D eigenvalue weighted by atomic mass is 16.5. The van der Waals surface area contributed by atoms with E-state index in [9.17, 15) is 9.59 Å². The number of hydrogen-bond acceptors (Lipinski definition) is 3. The molecule has 1 aromatic carbocycles. The van der Waals surface area contributed by atoms with E-state index in [4.69, 9.17) is 4.74 Å². The predicted octanol–water partition coefficient (Wildman–Crippen LogP) is 5.37. The van der Waals surface area contributed by atoms with Crippen LogP contribution in [0.3, 0.4) is 0 Å². The van der Waals surface area contributed by atoms with E-state index in [2.05, 4.69) is 36.5 Å². The summed E-state index contributed by atoms with van der Waals surface area (Å²) >= 11 is 0. The van der Waals surface area contributed by atoms with Crippen molar-refractivity contribution >= 4 is 11.9 Å². The van der Waals surface area contributed by atoms with Gasteiger partial charge in [-0.2, -0.15) is 0 Å². The van der Waals surface area contributed by atoms with Gasteiger partial charge in [0.1, 0.15) is 5.54 Å². The summed E-state index contributed by atoms with van der Waals surface area (Å²) < 4.78 is 5.28. The van der Waals surface area contributed by atoms with Gasteiger partial charge in [0.2, 0.25) is 5.91 Å². The number of aryl methyl sites for hydroxylation is 2. The Morgan fingerprint density at radius 1 is 0.929 bits per heavy atom. The number of nitrogens with one attached hydrogen (secondary N) is 1. The number of amides is 1. The first-order valence-corrected chi connectivity index (χ1v) is 11.0. The Hall–Kier alpha value is -1.84. The zero-order valence-electron chi connectivity index (χ0n) is 18.3. The van der Waals surface area contributed by atoms with Gasteiger partial charge in [-0.05, 0) is 50.2 Å². The molecule has 158 valence electrons. The second-order valence-corrected chi connectivity index (χ2v) is 7.62. The zero-order chi connectivity index (χ0) is 20.8. The Morgan fingerprint density at radius 2 is 1.54 bits per heavy atom. The topological polar surface area (TPSA) is 55.4 Å². The van der Waals surface area contributed by atoms with Crippen molar-refractivity contribution in [3.63, 3.8) is 0 Å². The number of carbonyl (C=O) groups excluding carboxylic acids is 2. The molecule has 0 radical (unpaired) electrons. The van der Waals surface area contributed by atoms with E-state index in [1.54, 1.807) is 6.92 Å². The lowest BCUT2D eigenvalue weighted by atomic mass is 9.86. The SMILES string of the molecule is CCCCCCCCc1ccccc1CCC(CC)(NC(C)=O)C(=O)OCC. The molecule has 28 heavy (non-hydrogen) atoms. The van der Waals surface area contributed by atoms with Crippen molar-refractivity contribution in [1.82, 2.24) is 5.32 Å². The lowest BCUT2D eigenvalue weighted by molar-refractivity contribution is -0.153. The fourth-order valence-corrected chi connectivity index (χ4v) is 3.72. The van der Waals surface area contributed by atoms with Gasteiger partial charge in [0, 0.05) is 6.92 Å². The minimum absolute atomic E-state index is 0.199. The fraction of sp³-hybridized carbons (Fsp3) is 0.667. The van der Waals surface area contributed by atoms with E-state index in [0.717, 1.165) is 12.8 Å². The number of ether oxygens (including phenoxy) is 1. The molecule has 1 unspecified atom stereocenters. The molecule has 1 rings (SSSR count). The average Bonchev–Trinajstić information content (AvgIpc) is 2.68. The predicted molar refractivity (Wildman–Crippen MR) is 115 cm³/mol.